The van der Waals surface area contributed by atoms with Gasteiger partial charge in [0.25, 0.3) is 11.7 Å². The number of rotatable bonds is 4. The molecule has 2 N–H and O–H groups in total. The summed E-state index contributed by atoms with van der Waals surface area (Å²) in [7, 11) is 1.57. The molecule has 0 spiro atoms. The number of carbonyl (C=O) groups excluding carboxylic acids is 2. The number of aromatic hydroxyl groups is 1. The standard InChI is InChI=1S/C27H26N2O5/c1-27(2,3)18-14-16(11-12-21(18)34-4)24(31)22-23(17-8-7-13-28-15-17)29(26(33)25(22)32)19-9-5-6-10-20(19)30/h5-15,23,30-31H,1-4H3/b24-22-. The minimum absolute atomic E-state index is 0.0775. The minimum atomic E-state index is -0.970. The fourth-order valence-corrected chi connectivity index (χ4v) is 4.20. The van der Waals surface area contributed by atoms with Crippen molar-refractivity contribution in [1.82, 2.24) is 4.98 Å². The highest BCUT2D eigenvalue weighted by atomic mass is 16.5. The maximum absolute atomic E-state index is 13.3. The van der Waals surface area contributed by atoms with E-state index >= 15 is 0 Å². The van der Waals surface area contributed by atoms with Crippen LogP contribution in [0.1, 0.15) is 43.5 Å². The number of anilines is 1. The SMILES string of the molecule is COc1ccc(/C(O)=C2/C(=O)C(=O)N(c3ccccc3O)C2c2cccnc2)cc1C(C)(C)C. The van der Waals surface area contributed by atoms with Gasteiger partial charge in [0, 0.05) is 23.5 Å². The molecule has 1 unspecified atom stereocenters. The molecule has 7 nitrogen and oxygen atoms in total. The van der Waals surface area contributed by atoms with Gasteiger partial charge in [-0.15, -0.1) is 0 Å². The number of aliphatic hydroxyl groups excluding tert-OH is 1. The largest absolute Gasteiger partial charge is 0.507 e. The number of para-hydroxylation sites is 2. The number of amides is 1. The number of carbonyl (C=O) groups is 2. The molecule has 1 aliphatic rings. The molecular formula is C27H26N2O5. The molecule has 7 heteroatoms. The number of ether oxygens (including phenoxy) is 1. The maximum Gasteiger partial charge on any atom is 0.300 e. The van der Waals surface area contributed by atoms with Crippen molar-refractivity contribution in [2.24, 2.45) is 0 Å². The van der Waals surface area contributed by atoms with Crippen LogP contribution in [0.3, 0.4) is 0 Å². The smallest absolute Gasteiger partial charge is 0.300 e. The summed E-state index contributed by atoms with van der Waals surface area (Å²) >= 11 is 0. The number of methoxy groups -OCH3 is 1. The average Bonchev–Trinajstić information content (AvgIpc) is 3.09. The predicted molar refractivity (Wildman–Crippen MR) is 129 cm³/mol. The van der Waals surface area contributed by atoms with Crippen molar-refractivity contribution in [1.29, 1.82) is 0 Å². The minimum Gasteiger partial charge on any atom is -0.507 e. The molecule has 0 saturated carbocycles. The Morgan fingerprint density at radius 1 is 1.06 bits per heavy atom. The number of aromatic nitrogens is 1. The summed E-state index contributed by atoms with van der Waals surface area (Å²) in [6.07, 6.45) is 3.11. The first-order chi connectivity index (χ1) is 16.1. The van der Waals surface area contributed by atoms with Crippen molar-refractivity contribution in [2.75, 3.05) is 12.0 Å². The van der Waals surface area contributed by atoms with Gasteiger partial charge in [0.1, 0.15) is 17.3 Å². The number of ketones is 1. The molecule has 1 saturated heterocycles. The Morgan fingerprint density at radius 3 is 2.41 bits per heavy atom. The van der Waals surface area contributed by atoms with Crippen molar-refractivity contribution in [3.8, 4) is 11.5 Å². The van der Waals surface area contributed by atoms with Crippen LogP contribution in [0.5, 0.6) is 11.5 Å². The summed E-state index contributed by atoms with van der Waals surface area (Å²) < 4.78 is 5.49. The van der Waals surface area contributed by atoms with Crippen LogP contribution in [-0.2, 0) is 15.0 Å². The highest BCUT2D eigenvalue weighted by Crippen LogP contribution is 2.45. The van der Waals surface area contributed by atoms with Crippen LogP contribution >= 0.6 is 0 Å². The van der Waals surface area contributed by atoms with Gasteiger partial charge < -0.3 is 14.9 Å². The van der Waals surface area contributed by atoms with Gasteiger partial charge in [-0.1, -0.05) is 39.0 Å². The van der Waals surface area contributed by atoms with Crippen molar-refractivity contribution in [2.45, 2.75) is 32.2 Å². The molecule has 1 atom stereocenters. The second-order valence-electron chi connectivity index (χ2n) is 9.11. The number of hydrogen-bond donors (Lipinski definition) is 2. The summed E-state index contributed by atoms with van der Waals surface area (Å²) in [6, 6.07) is 13.9. The van der Waals surface area contributed by atoms with Gasteiger partial charge in [0.15, 0.2) is 0 Å². The Hall–Kier alpha value is -4.13. The zero-order chi connectivity index (χ0) is 24.6. The van der Waals surface area contributed by atoms with Crippen LogP contribution in [0.15, 0.2) is 72.6 Å². The van der Waals surface area contributed by atoms with E-state index in [1.807, 2.05) is 20.8 Å². The first kappa shape index (κ1) is 23.0. The van der Waals surface area contributed by atoms with Crippen molar-refractivity contribution in [3.05, 3.63) is 89.3 Å². The Balaban J connectivity index is 1.97. The molecule has 1 aromatic heterocycles. The lowest BCUT2D eigenvalue weighted by Crippen LogP contribution is -2.29. The summed E-state index contributed by atoms with van der Waals surface area (Å²) in [5.41, 5.74) is 1.54. The van der Waals surface area contributed by atoms with Crippen LogP contribution in [0, 0.1) is 0 Å². The van der Waals surface area contributed by atoms with Crippen molar-refractivity contribution >= 4 is 23.1 Å². The zero-order valence-electron chi connectivity index (χ0n) is 19.4. The van der Waals surface area contributed by atoms with E-state index in [1.165, 1.54) is 17.2 Å². The first-order valence-electron chi connectivity index (χ1n) is 10.8. The van der Waals surface area contributed by atoms with E-state index in [0.29, 0.717) is 16.9 Å². The van der Waals surface area contributed by atoms with E-state index in [-0.39, 0.29) is 28.2 Å². The quantitative estimate of drug-likeness (QED) is 0.333. The van der Waals surface area contributed by atoms with Crippen LogP contribution in [0.2, 0.25) is 0 Å². The predicted octanol–water partition coefficient (Wildman–Crippen LogP) is 4.72. The molecular weight excluding hydrogens is 432 g/mol. The van der Waals surface area contributed by atoms with E-state index < -0.39 is 17.7 Å². The van der Waals surface area contributed by atoms with Gasteiger partial charge in [-0.05, 0) is 47.4 Å². The van der Waals surface area contributed by atoms with Gasteiger partial charge in [0.05, 0.1) is 24.4 Å². The lowest BCUT2D eigenvalue weighted by atomic mass is 9.84. The monoisotopic (exact) mass is 458 g/mol. The molecule has 1 aliphatic heterocycles. The van der Waals surface area contributed by atoms with Gasteiger partial charge in [-0.3, -0.25) is 19.5 Å². The lowest BCUT2D eigenvalue weighted by molar-refractivity contribution is -0.132. The highest BCUT2D eigenvalue weighted by molar-refractivity contribution is 6.51. The van der Waals surface area contributed by atoms with Gasteiger partial charge in [-0.25, -0.2) is 0 Å². The number of hydrogen-bond acceptors (Lipinski definition) is 6. The number of Topliss-reactive ketones (excluding diaryl/α,β-unsaturated/α-hetero) is 1. The van der Waals surface area contributed by atoms with Crippen LogP contribution < -0.4 is 9.64 Å². The molecule has 3 aromatic rings. The molecule has 0 bridgehead atoms. The summed E-state index contributed by atoms with van der Waals surface area (Å²) in [6.45, 7) is 6.05. The number of pyridine rings is 1. The van der Waals surface area contributed by atoms with Crippen molar-refractivity contribution in [3.63, 3.8) is 0 Å². The molecule has 2 heterocycles. The maximum atomic E-state index is 13.3. The molecule has 2 aromatic carbocycles. The second kappa shape index (κ2) is 8.67. The molecule has 0 radical (unpaired) electrons. The molecule has 174 valence electrons. The Morgan fingerprint density at radius 2 is 1.79 bits per heavy atom. The Bertz CT molecular complexity index is 1290. The van der Waals surface area contributed by atoms with Crippen molar-refractivity contribution < 1.29 is 24.5 Å². The zero-order valence-corrected chi connectivity index (χ0v) is 19.4. The molecule has 0 aliphatic carbocycles. The fraction of sp³-hybridized carbons (Fsp3) is 0.222. The Kier molecular flexibility index (Phi) is 5.87. The van der Waals surface area contributed by atoms with Gasteiger partial charge in [0.2, 0.25) is 0 Å². The normalized spacial score (nSPS) is 17.8. The average molecular weight is 459 g/mol. The number of aliphatic hydroxyl groups is 1. The first-order valence-corrected chi connectivity index (χ1v) is 10.8. The van der Waals surface area contributed by atoms with Crippen LogP contribution in [0.4, 0.5) is 5.69 Å². The second-order valence-corrected chi connectivity index (χ2v) is 9.11. The summed E-state index contributed by atoms with van der Waals surface area (Å²) in [5, 5.41) is 21.8. The third kappa shape index (κ3) is 3.90. The topological polar surface area (TPSA) is 100.0 Å². The van der Waals surface area contributed by atoms with E-state index in [9.17, 15) is 19.8 Å². The number of phenolic OH excluding ortho intramolecular Hbond substituents is 1. The molecule has 1 fully saturated rings. The summed E-state index contributed by atoms with van der Waals surface area (Å²) in [5.74, 6) is -1.50. The van der Waals surface area contributed by atoms with Gasteiger partial charge >= 0.3 is 0 Å². The van der Waals surface area contributed by atoms with E-state index in [1.54, 1.807) is 61.8 Å². The third-order valence-electron chi connectivity index (χ3n) is 5.87. The van der Waals surface area contributed by atoms with E-state index in [4.69, 9.17) is 4.74 Å². The van der Waals surface area contributed by atoms with E-state index in [0.717, 1.165) is 5.56 Å². The Labute approximate surface area is 198 Å². The summed E-state index contributed by atoms with van der Waals surface area (Å²) in [4.78, 5) is 31.8. The number of benzene rings is 2. The molecule has 1 amide bonds. The number of phenols is 1. The fourth-order valence-electron chi connectivity index (χ4n) is 4.20. The van der Waals surface area contributed by atoms with E-state index in [2.05, 4.69) is 4.98 Å². The lowest BCUT2D eigenvalue weighted by Gasteiger charge is -2.26. The van der Waals surface area contributed by atoms with Crippen LogP contribution in [0.25, 0.3) is 5.76 Å². The molecule has 4 rings (SSSR count). The third-order valence-corrected chi connectivity index (χ3v) is 5.87. The highest BCUT2D eigenvalue weighted by Gasteiger charge is 2.47. The van der Waals surface area contributed by atoms with Crippen LogP contribution in [-0.4, -0.2) is 34.0 Å². The van der Waals surface area contributed by atoms with Gasteiger partial charge in [-0.2, -0.15) is 0 Å². The number of nitrogens with zero attached hydrogens (tertiary/aromatic N) is 2. The molecule has 34 heavy (non-hydrogen) atoms.